The van der Waals surface area contributed by atoms with Crippen LogP contribution in [0.2, 0.25) is 0 Å². The van der Waals surface area contributed by atoms with Crippen molar-refractivity contribution in [1.82, 2.24) is 9.78 Å². The number of nitro benzene ring substituents is 1. The van der Waals surface area contributed by atoms with Gasteiger partial charge in [0.25, 0.3) is 11.6 Å². The van der Waals surface area contributed by atoms with Gasteiger partial charge in [-0.2, -0.15) is 18.3 Å². The van der Waals surface area contributed by atoms with Crippen LogP contribution in [0.4, 0.5) is 30.4 Å². The summed E-state index contributed by atoms with van der Waals surface area (Å²) in [6.45, 7) is 0. The zero-order chi connectivity index (χ0) is 29.6. The first-order chi connectivity index (χ1) is 20.0. The van der Waals surface area contributed by atoms with Crippen LogP contribution in [0, 0.1) is 10.1 Å². The van der Waals surface area contributed by atoms with Crippen LogP contribution in [0.25, 0.3) is 0 Å². The number of benzene rings is 3. The molecule has 4 aromatic rings. The molecule has 2 heterocycles. The third-order valence-electron chi connectivity index (χ3n) is 7.36. The number of aromatic nitrogens is 2. The molecule has 1 amide bonds. The van der Waals surface area contributed by atoms with Gasteiger partial charge < -0.3 is 15.4 Å². The molecular weight excluding hydrogens is 619 g/mol. The Morgan fingerprint density at radius 1 is 1.05 bits per heavy atom. The number of amides is 1. The Bertz CT molecular complexity index is 1690. The summed E-state index contributed by atoms with van der Waals surface area (Å²) in [4.78, 5) is 24.1. The van der Waals surface area contributed by atoms with Gasteiger partial charge in [-0.3, -0.25) is 14.9 Å². The zero-order valence-electron chi connectivity index (χ0n) is 21.8. The Morgan fingerprint density at radius 2 is 1.81 bits per heavy atom. The number of halogens is 4. The highest BCUT2D eigenvalue weighted by atomic mass is 79.9. The highest BCUT2D eigenvalue weighted by Crippen LogP contribution is 2.44. The molecule has 3 aromatic carbocycles. The molecule has 0 saturated heterocycles. The Hall–Kier alpha value is -4.39. The minimum absolute atomic E-state index is 0.0290. The fourth-order valence-corrected chi connectivity index (χ4v) is 5.63. The van der Waals surface area contributed by atoms with Gasteiger partial charge in [0.1, 0.15) is 17.3 Å². The number of ether oxygens (including phenoxy) is 1. The van der Waals surface area contributed by atoms with Crippen LogP contribution in [-0.2, 0) is 12.8 Å². The largest absolute Gasteiger partial charge is 0.457 e. The second-order valence-electron chi connectivity index (χ2n) is 10.2. The van der Waals surface area contributed by atoms with Crippen molar-refractivity contribution in [2.45, 2.75) is 43.9 Å². The van der Waals surface area contributed by atoms with Gasteiger partial charge in [-0.05, 0) is 60.2 Å². The molecule has 1 aromatic heterocycles. The van der Waals surface area contributed by atoms with Crippen LogP contribution in [-0.4, -0.2) is 26.8 Å². The number of alkyl halides is 3. The van der Waals surface area contributed by atoms with Crippen molar-refractivity contribution in [2.24, 2.45) is 0 Å². The van der Waals surface area contributed by atoms with E-state index in [1.807, 2.05) is 12.1 Å². The van der Waals surface area contributed by atoms with Gasteiger partial charge >= 0.3 is 6.18 Å². The van der Waals surface area contributed by atoms with Gasteiger partial charge in [-0.25, -0.2) is 4.68 Å². The van der Waals surface area contributed by atoms with Crippen molar-refractivity contribution in [3.05, 3.63) is 104 Å². The van der Waals surface area contributed by atoms with Gasteiger partial charge in [0.2, 0.25) is 0 Å². The second kappa shape index (κ2) is 10.8. The highest BCUT2D eigenvalue weighted by Gasteiger charge is 2.46. The summed E-state index contributed by atoms with van der Waals surface area (Å²) in [5.74, 6) is -0.178. The van der Waals surface area contributed by atoms with Gasteiger partial charge in [0.05, 0.1) is 22.7 Å². The maximum Gasteiger partial charge on any atom is 0.410 e. The van der Waals surface area contributed by atoms with E-state index in [0.717, 1.165) is 40.0 Å². The normalized spacial score (nSPS) is 17.6. The summed E-state index contributed by atoms with van der Waals surface area (Å²) in [7, 11) is 0. The molecule has 216 valence electrons. The quantitative estimate of drug-likeness (QED) is 0.164. The van der Waals surface area contributed by atoms with Crippen molar-refractivity contribution < 1.29 is 27.6 Å². The van der Waals surface area contributed by atoms with Crippen LogP contribution in [0.5, 0.6) is 11.5 Å². The van der Waals surface area contributed by atoms with Crippen molar-refractivity contribution in [1.29, 1.82) is 0 Å². The summed E-state index contributed by atoms with van der Waals surface area (Å²) in [5.41, 5.74) is 2.47. The Morgan fingerprint density at radius 3 is 2.55 bits per heavy atom. The van der Waals surface area contributed by atoms with Crippen molar-refractivity contribution in [3.8, 4) is 11.5 Å². The monoisotopic (exact) mass is 641 g/mol. The predicted molar refractivity (Wildman–Crippen MR) is 152 cm³/mol. The van der Waals surface area contributed by atoms with E-state index in [1.54, 1.807) is 30.3 Å². The summed E-state index contributed by atoms with van der Waals surface area (Å²) >= 11 is 3.32. The molecule has 0 saturated carbocycles. The van der Waals surface area contributed by atoms with E-state index >= 15 is 0 Å². The molecule has 42 heavy (non-hydrogen) atoms. The third-order valence-corrected chi connectivity index (χ3v) is 7.89. The molecule has 0 radical (unpaired) electrons. The molecule has 0 fully saturated rings. The minimum atomic E-state index is -4.62. The van der Waals surface area contributed by atoms with E-state index in [0.29, 0.717) is 11.3 Å². The molecule has 2 unspecified atom stereocenters. The van der Waals surface area contributed by atoms with Gasteiger partial charge in [0.15, 0.2) is 11.7 Å². The van der Waals surface area contributed by atoms with Crippen LogP contribution < -0.4 is 15.4 Å². The maximum absolute atomic E-state index is 14.1. The average Bonchev–Trinajstić information content (AvgIpc) is 3.59. The first-order valence-electron chi connectivity index (χ1n) is 13.1. The lowest BCUT2D eigenvalue weighted by molar-refractivity contribution is -0.384. The topological polar surface area (TPSA) is 111 Å². The molecule has 0 bridgehead atoms. The molecule has 0 spiro atoms. The highest BCUT2D eigenvalue weighted by molar-refractivity contribution is 9.10. The lowest BCUT2D eigenvalue weighted by Gasteiger charge is -2.33. The molecule has 13 heteroatoms. The Labute approximate surface area is 246 Å². The number of carbonyl (C=O) groups is 1. The van der Waals surface area contributed by atoms with Crippen molar-refractivity contribution >= 4 is 39.0 Å². The summed E-state index contributed by atoms with van der Waals surface area (Å²) in [6.07, 6.45) is -1.98. The molecule has 1 aliphatic carbocycles. The number of fused-ring (bicyclic) bond motifs is 2. The van der Waals surface area contributed by atoms with E-state index in [4.69, 9.17) is 4.74 Å². The zero-order valence-corrected chi connectivity index (χ0v) is 23.4. The predicted octanol–water partition coefficient (Wildman–Crippen LogP) is 7.75. The van der Waals surface area contributed by atoms with Crippen molar-refractivity contribution in [2.75, 3.05) is 10.6 Å². The first-order valence-corrected chi connectivity index (χ1v) is 13.9. The molecule has 2 N–H and O–H groups in total. The fourth-order valence-electron chi connectivity index (χ4n) is 5.36. The van der Waals surface area contributed by atoms with Crippen LogP contribution in [0.3, 0.4) is 0 Å². The molecule has 6 rings (SSSR count). The minimum Gasteiger partial charge on any atom is -0.457 e. The number of nitro groups is 1. The maximum atomic E-state index is 14.1. The summed E-state index contributed by atoms with van der Waals surface area (Å²) in [6, 6.07) is 14.9. The van der Waals surface area contributed by atoms with Crippen LogP contribution >= 0.6 is 15.9 Å². The smallest absolute Gasteiger partial charge is 0.410 e. The molecule has 9 nitrogen and oxygen atoms in total. The average molecular weight is 642 g/mol. The Balaban J connectivity index is 1.26. The number of rotatable bonds is 6. The van der Waals surface area contributed by atoms with Crippen molar-refractivity contribution in [3.63, 3.8) is 0 Å². The third kappa shape index (κ3) is 5.69. The van der Waals surface area contributed by atoms with Crippen LogP contribution in [0.15, 0.2) is 71.2 Å². The number of nitrogens with zero attached hydrogens (tertiary/aromatic N) is 3. The van der Waals surface area contributed by atoms with E-state index in [1.165, 1.54) is 23.8 Å². The number of carbonyl (C=O) groups excluding carboxylic acids is 1. The Kier molecular flexibility index (Phi) is 7.13. The van der Waals surface area contributed by atoms with Gasteiger partial charge in [-0.1, -0.05) is 34.1 Å². The number of anilines is 2. The standard InChI is InChI=1S/C29H23BrF3N5O4/c30-19-7-4-17(5-8-19)24-14-26(29(31,32)33)37-27(35-24)15-25(36-37)28(39)34-20-11-21(38(40)41)13-23(12-20)42-22-9-6-16-2-1-3-18(16)10-22/h4-13,15,24,26,35H,1-3,14H2,(H,34,39). The number of non-ortho nitro benzene ring substituents is 1. The lowest BCUT2D eigenvalue weighted by Crippen LogP contribution is -2.35. The fraction of sp³-hybridized carbons (Fsp3) is 0.241. The number of nitrogens with one attached hydrogen (secondary N) is 2. The SMILES string of the molecule is O=C(Nc1cc(Oc2ccc3c(c2)CCC3)cc([N+](=O)[O-])c1)c1cc2n(n1)C(C(F)(F)F)CC(c1ccc(Br)cc1)N2. The van der Waals surface area contributed by atoms with Crippen LogP contribution in [0.1, 0.15) is 52.1 Å². The summed E-state index contributed by atoms with van der Waals surface area (Å²) in [5, 5.41) is 21.1. The van der Waals surface area contributed by atoms with E-state index in [2.05, 4.69) is 31.7 Å². The van der Waals surface area contributed by atoms with E-state index in [-0.39, 0.29) is 35.1 Å². The molecule has 2 aliphatic rings. The molecular formula is C29H23BrF3N5O4. The first kappa shape index (κ1) is 27.8. The number of hydrogen-bond donors (Lipinski definition) is 2. The molecule has 1 aliphatic heterocycles. The number of aryl methyl sites for hydroxylation is 2. The lowest BCUT2D eigenvalue weighted by atomic mass is 9.97. The summed E-state index contributed by atoms with van der Waals surface area (Å²) < 4.78 is 49.7. The number of hydrogen-bond acceptors (Lipinski definition) is 6. The van der Waals surface area contributed by atoms with Gasteiger partial charge in [-0.15, -0.1) is 0 Å². The van der Waals surface area contributed by atoms with E-state index < -0.39 is 29.1 Å². The molecule has 2 atom stereocenters. The van der Waals surface area contributed by atoms with Gasteiger partial charge in [0, 0.05) is 29.1 Å². The second-order valence-corrected chi connectivity index (χ2v) is 11.1. The van der Waals surface area contributed by atoms with E-state index in [9.17, 15) is 28.1 Å².